The maximum absolute atomic E-state index is 12.4. The molecule has 0 aliphatic carbocycles. The average molecular weight is 379 g/mol. The zero-order valence-electron chi connectivity index (χ0n) is 16.6. The first-order valence-corrected chi connectivity index (χ1v) is 8.92. The van der Waals surface area contributed by atoms with Crippen LogP contribution in [0.3, 0.4) is 0 Å². The lowest BCUT2D eigenvalue weighted by atomic mass is 10.0. The molecule has 1 aromatic rings. The molecule has 2 N–H and O–H groups in total. The third kappa shape index (κ3) is 9.63. The molecule has 0 bridgehead atoms. The van der Waals surface area contributed by atoms with Crippen LogP contribution in [-0.2, 0) is 32.1 Å². The zero-order chi connectivity index (χ0) is 20.6. The lowest BCUT2D eigenvalue weighted by Gasteiger charge is -2.23. The fraction of sp³-hybridized carbons (Fsp3) is 0.550. The number of hydrogen-bond donors (Lipinski definition) is 2. The molecule has 0 unspecified atom stereocenters. The highest BCUT2D eigenvalue weighted by Crippen LogP contribution is 2.12. The summed E-state index contributed by atoms with van der Waals surface area (Å²) in [5, 5.41) is 11.3. The molecule has 0 saturated heterocycles. The quantitative estimate of drug-likeness (QED) is 0.672. The highest BCUT2D eigenvalue weighted by Gasteiger charge is 2.26. The van der Waals surface area contributed by atoms with Gasteiger partial charge in [0.25, 0.3) is 0 Å². The summed E-state index contributed by atoms with van der Waals surface area (Å²) >= 11 is 0. The Morgan fingerprint density at radius 3 is 2.11 bits per heavy atom. The molecule has 1 atom stereocenters. The molecule has 1 rings (SSSR count). The molecule has 0 aliphatic heterocycles. The largest absolute Gasteiger partial charge is 0.481 e. The minimum Gasteiger partial charge on any atom is -0.481 e. The van der Waals surface area contributed by atoms with Crippen LogP contribution >= 0.6 is 0 Å². The summed E-state index contributed by atoms with van der Waals surface area (Å²) in [6, 6.07) is 5.99. The second-order valence-electron chi connectivity index (χ2n) is 7.82. The summed E-state index contributed by atoms with van der Waals surface area (Å²) in [5.74, 6) is -1.27. The number of amides is 1. The molecule has 1 aromatic carbocycles. The topological polar surface area (TPSA) is 102 Å². The van der Waals surface area contributed by atoms with Crippen molar-refractivity contribution >= 4 is 18.0 Å². The number of nitrogens with one attached hydrogen (secondary N) is 1. The summed E-state index contributed by atoms with van der Waals surface area (Å²) in [6.45, 7) is 9.16. The van der Waals surface area contributed by atoms with E-state index in [0.717, 1.165) is 5.56 Å². The smallest absolute Gasteiger partial charge is 0.408 e. The van der Waals surface area contributed by atoms with Gasteiger partial charge in [0.1, 0.15) is 18.2 Å². The number of ether oxygens (including phenoxy) is 2. The van der Waals surface area contributed by atoms with Crippen molar-refractivity contribution in [3.63, 3.8) is 0 Å². The fourth-order valence-corrected chi connectivity index (χ4v) is 2.32. The van der Waals surface area contributed by atoms with Gasteiger partial charge in [0.15, 0.2) is 0 Å². The van der Waals surface area contributed by atoms with E-state index in [1.165, 1.54) is 0 Å². The van der Waals surface area contributed by atoms with E-state index in [2.05, 4.69) is 5.32 Å². The van der Waals surface area contributed by atoms with Crippen LogP contribution in [0.4, 0.5) is 4.79 Å². The third-order valence-electron chi connectivity index (χ3n) is 3.44. The molecule has 0 aliphatic rings. The molecular weight excluding hydrogens is 350 g/mol. The van der Waals surface area contributed by atoms with Crippen molar-refractivity contribution in [2.24, 2.45) is 5.92 Å². The van der Waals surface area contributed by atoms with Crippen LogP contribution in [0, 0.1) is 5.92 Å². The molecule has 7 nitrogen and oxygen atoms in total. The van der Waals surface area contributed by atoms with Gasteiger partial charge in [-0.2, -0.15) is 0 Å². The molecule has 0 heterocycles. The number of aliphatic carboxylic acids is 1. The highest BCUT2D eigenvalue weighted by molar-refractivity contribution is 5.81. The Kier molecular flexibility index (Phi) is 8.28. The van der Waals surface area contributed by atoms with Crippen LogP contribution in [-0.4, -0.2) is 34.8 Å². The minimum absolute atomic E-state index is 0.0385. The van der Waals surface area contributed by atoms with Crippen molar-refractivity contribution in [2.45, 2.75) is 65.7 Å². The van der Waals surface area contributed by atoms with Gasteiger partial charge in [-0.05, 0) is 44.2 Å². The Labute approximate surface area is 160 Å². The van der Waals surface area contributed by atoms with Crippen LogP contribution in [0.2, 0.25) is 0 Å². The zero-order valence-corrected chi connectivity index (χ0v) is 16.6. The van der Waals surface area contributed by atoms with Crippen LogP contribution in [0.25, 0.3) is 0 Å². The number of carboxylic acid groups (broad SMARTS) is 1. The summed E-state index contributed by atoms with van der Waals surface area (Å²) in [7, 11) is 0. The lowest BCUT2D eigenvalue weighted by Crippen LogP contribution is -2.44. The first-order valence-electron chi connectivity index (χ1n) is 8.92. The Morgan fingerprint density at radius 2 is 1.63 bits per heavy atom. The van der Waals surface area contributed by atoms with Gasteiger partial charge in [-0.3, -0.25) is 4.79 Å². The van der Waals surface area contributed by atoms with E-state index in [1.54, 1.807) is 45.0 Å². The van der Waals surface area contributed by atoms with Gasteiger partial charge in [0.05, 0.1) is 6.42 Å². The van der Waals surface area contributed by atoms with Crippen molar-refractivity contribution in [3.8, 4) is 0 Å². The molecule has 0 spiro atoms. The van der Waals surface area contributed by atoms with Crippen molar-refractivity contribution in [3.05, 3.63) is 35.4 Å². The molecule has 27 heavy (non-hydrogen) atoms. The predicted octanol–water partition coefficient (Wildman–Crippen LogP) is 3.30. The summed E-state index contributed by atoms with van der Waals surface area (Å²) < 4.78 is 10.5. The molecule has 1 amide bonds. The standard InChI is InChI=1S/C20H29NO6/c1-13(2)10-16(21-19(25)27-20(3,4)5)18(24)26-12-15-8-6-14(7-9-15)11-17(22)23/h6-9,13,16H,10-12H2,1-5H3,(H,21,25)(H,22,23)/t16-/m0/s1. The highest BCUT2D eigenvalue weighted by atomic mass is 16.6. The number of hydrogen-bond acceptors (Lipinski definition) is 5. The molecule has 7 heteroatoms. The number of benzene rings is 1. The Hall–Kier alpha value is -2.57. The van der Waals surface area contributed by atoms with E-state index in [9.17, 15) is 14.4 Å². The van der Waals surface area contributed by atoms with Crippen LogP contribution in [0.15, 0.2) is 24.3 Å². The van der Waals surface area contributed by atoms with Crippen LogP contribution in [0.5, 0.6) is 0 Å². The third-order valence-corrected chi connectivity index (χ3v) is 3.44. The van der Waals surface area contributed by atoms with Gasteiger partial charge < -0.3 is 19.9 Å². The molecule has 0 fully saturated rings. The Balaban J connectivity index is 2.65. The number of rotatable bonds is 8. The van der Waals surface area contributed by atoms with Gasteiger partial charge in [-0.15, -0.1) is 0 Å². The van der Waals surface area contributed by atoms with E-state index in [1.807, 2.05) is 13.8 Å². The van der Waals surface area contributed by atoms with E-state index >= 15 is 0 Å². The summed E-state index contributed by atoms with van der Waals surface area (Å²) in [6.07, 6.45) is -0.297. The monoisotopic (exact) mass is 379 g/mol. The normalized spacial score (nSPS) is 12.4. The van der Waals surface area contributed by atoms with Crippen LogP contribution < -0.4 is 5.32 Å². The van der Waals surface area contributed by atoms with Gasteiger partial charge in [-0.1, -0.05) is 38.1 Å². The maximum Gasteiger partial charge on any atom is 0.408 e. The minimum atomic E-state index is -0.904. The second kappa shape index (κ2) is 9.94. The van der Waals surface area contributed by atoms with E-state index in [4.69, 9.17) is 14.6 Å². The van der Waals surface area contributed by atoms with Gasteiger partial charge in [0.2, 0.25) is 0 Å². The first-order chi connectivity index (χ1) is 12.5. The molecule has 150 valence electrons. The first kappa shape index (κ1) is 22.5. The Bertz CT molecular complexity index is 645. The fourth-order valence-electron chi connectivity index (χ4n) is 2.32. The van der Waals surface area contributed by atoms with Gasteiger partial charge in [-0.25, -0.2) is 9.59 Å². The van der Waals surface area contributed by atoms with Crippen molar-refractivity contribution < 1.29 is 29.0 Å². The van der Waals surface area contributed by atoms with E-state index in [0.29, 0.717) is 12.0 Å². The van der Waals surface area contributed by atoms with E-state index < -0.39 is 29.7 Å². The maximum atomic E-state index is 12.4. The number of carbonyl (C=O) groups excluding carboxylic acids is 2. The SMILES string of the molecule is CC(C)C[C@H](NC(=O)OC(C)(C)C)C(=O)OCc1ccc(CC(=O)O)cc1. The predicted molar refractivity (Wildman–Crippen MR) is 100 cm³/mol. The van der Waals surface area contributed by atoms with E-state index in [-0.39, 0.29) is 18.9 Å². The Morgan fingerprint density at radius 1 is 1.07 bits per heavy atom. The van der Waals surface area contributed by atoms with Crippen molar-refractivity contribution in [2.75, 3.05) is 0 Å². The second-order valence-corrected chi connectivity index (χ2v) is 7.82. The summed E-state index contributed by atoms with van der Waals surface area (Å²) in [5.41, 5.74) is 0.744. The number of carboxylic acids is 1. The molecule has 0 radical (unpaired) electrons. The summed E-state index contributed by atoms with van der Waals surface area (Å²) in [4.78, 5) is 35.1. The number of esters is 1. The van der Waals surface area contributed by atoms with Gasteiger partial charge >= 0.3 is 18.0 Å². The van der Waals surface area contributed by atoms with Gasteiger partial charge in [0, 0.05) is 0 Å². The average Bonchev–Trinajstić information content (AvgIpc) is 2.50. The molecular formula is C20H29NO6. The molecule has 0 saturated carbocycles. The van der Waals surface area contributed by atoms with Crippen molar-refractivity contribution in [1.82, 2.24) is 5.32 Å². The number of alkyl carbamates (subject to hydrolysis) is 1. The lowest BCUT2D eigenvalue weighted by molar-refractivity contribution is -0.148. The van der Waals surface area contributed by atoms with Crippen LogP contribution in [0.1, 0.15) is 52.2 Å². The number of carbonyl (C=O) groups is 3. The van der Waals surface area contributed by atoms with Crippen molar-refractivity contribution in [1.29, 1.82) is 0 Å². The molecule has 0 aromatic heterocycles.